The number of likely N-dealkylation sites (tertiary alicyclic amines) is 1. The fourth-order valence-electron chi connectivity index (χ4n) is 3.10. The van der Waals surface area contributed by atoms with Crippen molar-refractivity contribution in [2.75, 3.05) is 6.54 Å². The molecule has 1 spiro atoms. The van der Waals surface area contributed by atoms with E-state index in [0.29, 0.717) is 4.90 Å². The maximum absolute atomic E-state index is 12.7. The highest BCUT2D eigenvalue weighted by atomic mass is 16.8. The molecule has 3 saturated heterocycles. The van der Waals surface area contributed by atoms with E-state index in [2.05, 4.69) is 0 Å². The quantitative estimate of drug-likeness (QED) is 0.366. The molecule has 0 aliphatic carbocycles. The Balaban J connectivity index is 2.20. The van der Waals surface area contributed by atoms with Gasteiger partial charge in [0.2, 0.25) is 5.78 Å². The van der Waals surface area contributed by atoms with Crippen molar-refractivity contribution in [2.45, 2.75) is 62.9 Å². The number of hydrogen-bond donors (Lipinski definition) is 2. The van der Waals surface area contributed by atoms with Gasteiger partial charge in [-0.2, -0.15) is 0 Å². The number of piperidine rings is 1. The average Bonchev–Trinajstić information content (AvgIpc) is 2.56. The van der Waals surface area contributed by atoms with Gasteiger partial charge in [0.05, 0.1) is 12.8 Å². The number of carbonyl (C=O) groups is 5. The Morgan fingerprint density at radius 1 is 1.04 bits per heavy atom. The van der Waals surface area contributed by atoms with Gasteiger partial charge in [-0.1, -0.05) is 0 Å². The van der Waals surface area contributed by atoms with Gasteiger partial charge < -0.3 is 29.2 Å². The van der Waals surface area contributed by atoms with Crippen molar-refractivity contribution in [1.29, 1.82) is 0 Å². The molecule has 0 aromatic heterocycles. The first-order valence-electron chi connectivity index (χ1n) is 8.38. The Kier molecular flexibility index (Phi) is 4.20. The topological polar surface area (TPSA) is 166 Å². The largest absolute Gasteiger partial charge is 0.444 e. The van der Waals surface area contributed by atoms with Crippen LogP contribution in [0.1, 0.15) is 40.0 Å². The summed E-state index contributed by atoms with van der Waals surface area (Å²) in [6.07, 6.45) is -3.83. The predicted octanol–water partition coefficient (Wildman–Crippen LogP) is -1.29. The molecule has 12 nitrogen and oxygen atoms in total. The molecule has 2 bridgehead atoms. The molecule has 0 radical (unpaired) electrons. The van der Waals surface area contributed by atoms with Gasteiger partial charge in [-0.15, -0.1) is 0 Å². The third kappa shape index (κ3) is 2.88. The summed E-state index contributed by atoms with van der Waals surface area (Å²) < 4.78 is 19.9. The third-order valence-electron chi connectivity index (χ3n) is 4.34. The van der Waals surface area contributed by atoms with Gasteiger partial charge in [-0.25, -0.2) is 14.5 Å². The first-order valence-corrected chi connectivity index (χ1v) is 8.38. The molecule has 3 heterocycles. The van der Waals surface area contributed by atoms with Gasteiger partial charge in [0.25, 0.3) is 0 Å². The minimum atomic E-state index is -3.34. The van der Waals surface area contributed by atoms with Crippen LogP contribution in [0.15, 0.2) is 0 Å². The average molecular weight is 401 g/mol. The zero-order valence-electron chi connectivity index (χ0n) is 15.3. The molecular formula is C16H19NO11. The summed E-state index contributed by atoms with van der Waals surface area (Å²) in [5.74, 6) is -11.9. The second-order valence-corrected chi connectivity index (χ2v) is 7.75. The van der Waals surface area contributed by atoms with Gasteiger partial charge in [0, 0.05) is 13.0 Å². The van der Waals surface area contributed by atoms with E-state index in [0.717, 1.165) is 0 Å². The van der Waals surface area contributed by atoms with Crippen LogP contribution in [0, 0.1) is 0 Å². The zero-order valence-corrected chi connectivity index (χ0v) is 15.3. The summed E-state index contributed by atoms with van der Waals surface area (Å²) in [6.45, 7) is 4.07. The normalized spacial score (nSPS) is 35.7. The van der Waals surface area contributed by atoms with Crippen LogP contribution < -0.4 is 0 Å². The zero-order chi connectivity index (χ0) is 21.1. The van der Waals surface area contributed by atoms with E-state index in [-0.39, 0.29) is 0 Å². The summed E-state index contributed by atoms with van der Waals surface area (Å²) in [6, 6.07) is 0. The minimum Gasteiger partial charge on any atom is -0.444 e. The Labute approximate surface area is 158 Å². The lowest BCUT2D eigenvalue weighted by Crippen LogP contribution is -2.77. The molecule has 2 N–H and O–H groups in total. The number of nitrogens with zero attached hydrogens (tertiary/aromatic N) is 1. The van der Waals surface area contributed by atoms with E-state index in [4.69, 9.17) is 18.9 Å². The Morgan fingerprint density at radius 2 is 1.61 bits per heavy atom. The van der Waals surface area contributed by atoms with Crippen LogP contribution in [-0.2, 0) is 38.1 Å². The standard InChI is InChI=1S/C16H19NO11/c1-13(2,3)28-12(22)17-5-4-8(18)15(24)16(17)26-10(20)7-14(23,11(21)27-16)6-9(19)25-15/h23-24H,4-7H2,1-3H3. The van der Waals surface area contributed by atoms with Crippen LogP contribution in [0.25, 0.3) is 0 Å². The van der Waals surface area contributed by atoms with Crippen LogP contribution in [-0.4, -0.2) is 74.3 Å². The molecule has 0 saturated carbocycles. The van der Waals surface area contributed by atoms with Crippen LogP contribution >= 0.6 is 0 Å². The van der Waals surface area contributed by atoms with Crippen molar-refractivity contribution in [3.8, 4) is 0 Å². The smallest absolute Gasteiger partial charge is 0.425 e. The number of fused-ring (bicyclic) bond motifs is 2. The number of aliphatic hydroxyl groups is 2. The number of Topliss-reactive ketones (excluding diaryl/α,β-unsaturated/α-hetero) is 1. The van der Waals surface area contributed by atoms with Gasteiger partial charge in [0.1, 0.15) is 5.60 Å². The van der Waals surface area contributed by atoms with Crippen molar-refractivity contribution in [3.63, 3.8) is 0 Å². The minimum absolute atomic E-state index is 0.472. The highest BCUT2D eigenvalue weighted by Gasteiger charge is 2.76. The molecule has 12 heteroatoms. The monoisotopic (exact) mass is 401 g/mol. The fraction of sp³-hybridized carbons (Fsp3) is 0.688. The molecule has 0 aromatic carbocycles. The second kappa shape index (κ2) is 5.88. The van der Waals surface area contributed by atoms with E-state index in [1.54, 1.807) is 0 Å². The molecule has 3 aliphatic heterocycles. The summed E-state index contributed by atoms with van der Waals surface area (Å²) in [5.41, 5.74) is -3.70. The van der Waals surface area contributed by atoms with Crippen molar-refractivity contribution >= 4 is 29.8 Å². The number of amides is 1. The van der Waals surface area contributed by atoms with Crippen LogP contribution in [0.3, 0.4) is 0 Å². The molecule has 154 valence electrons. The van der Waals surface area contributed by atoms with Gasteiger partial charge in [-0.05, 0) is 20.8 Å². The number of ether oxygens (including phenoxy) is 4. The molecule has 3 atom stereocenters. The molecule has 3 fully saturated rings. The maximum Gasteiger partial charge on any atom is 0.425 e. The summed E-state index contributed by atoms with van der Waals surface area (Å²) in [5, 5.41) is 21.3. The number of ketones is 1. The third-order valence-corrected chi connectivity index (χ3v) is 4.34. The molecule has 0 aromatic rings. The van der Waals surface area contributed by atoms with Crippen LogP contribution in [0.2, 0.25) is 0 Å². The molecule has 3 unspecified atom stereocenters. The van der Waals surface area contributed by atoms with Crippen LogP contribution in [0.5, 0.6) is 0 Å². The second-order valence-electron chi connectivity index (χ2n) is 7.75. The Morgan fingerprint density at radius 3 is 2.18 bits per heavy atom. The van der Waals surface area contributed by atoms with Gasteiger partial charge in [0.15, 0.2) is 5.60 Å². The molecule has 3 rings (SSSR count). The van der Waals surface area contributed by atoms with E-state index in [1.807, 2.05) is 0 Å². The lowest BCUT2D eigenvalue weighted by molar-refractivity contribution is -0.395. The maximum atomic E-state index is 12.7. The molecular weight excluding hydrogens is 382 g/mol. The lowest BCUT2D eigenvalue weighted by atomic mass is 9.94. The Bertz CT molecular complexity index is 786. The highest BCUT2D eigenvalue weighted by molar-refractivity contribution is 5.97. The summed E-state index contributed by atoms with van der Waals surface area (Å²) in [4.78, 5) is 62.5. The van der Waals surface area contributed by atoms with Crippen molar-refractivity contribution < 1.29 is 53.1 Å². The SMILES string of the molecule is CC(C)(C)OC(=O)N1CCC(=O)C2(O)OC(=O)CC3(O)CC(=O)OC12OC3=O. The van der Waals surface area contributed by atoms with Gasteiger partial charge in [-0.3, -0.25) is 14.4 Å². The predicted molar refractivity (Wildman–Crippen MR) is 82.7 cm³/mol. The lowest BCUT2D eigenvalue weighted by Gasteiger charge is -2.50. The van der Waals surface area contributed by atoms with Crippen molar-refractivity contribution in [3.05, 3.63) is 0 Å². The summed E-state index contributed by atoms with van der Waals surface area (Å²) >= 11 is 0. The number of rotatable bonds is 0. The van der Waals surface area contributed by atoms with Gasteiger partial charge >= 0.3 is 35.7 Å². The molecule has 28 heavy (non-hydrogen) atoms. The van der Waals surface area contributed by atoms with E-state index in [1.165, 1.54) is 20.8 Å². The number of carbonyl (C=O) groups excluding carboxylic acids is 5. The molecule has 1 amide bonds. The Hall–Kier alpha value is -2.73. The van der Waals surface area contributed by atoms with Crippen molar-refractivity contribution in [2.24, 2.45) is 0 Å². The van der Waals surface area contributed by atoms with Crippen LogP contribution in [0.4, 0.5) is 4.79 Å². The fourth-order valence-corrected chi connectivity index (χ4v) is 3.10. The first-order chi connectivity index (χ1) is 12.7. The molecule has 3 aliphatic rings. The van der Waals surface area contributed by atoms with E-state index in [9.17, 15) is 34.2 Å². The first kappa shape index (κ1) is 20.0. The van der Waals surface area contributed by atoms with E-state index < -0.39 is 78.5 Å². The number of hydrogen-bond acceptors (Lipinski definition) is 11. The number of esters is 3. The highest BCUT2D eigenvalue weighted by Crippen LogP contribution is 2.45. The van der Waals surface area contributed by atoms with Crippen molar-refractivity contribution in [1.82, 2.24) is 4.90 Å². The van der Waals surface area contributed by atoms with E-state index >= 15 is 0 Å². The summed E-state index contributed by atoms with van der Waals surface area (Å²) in [7, 11) is 0.